The fourth-order valence-electron chi connectivity index (χ4n) is 2.55. The Balaban J connectivity index is 1.73. The maximum atomic E-state index is 12.5. The molecule has 1 amide bonds. The zero-order chi connectivity index (χ0) is 21.0. The van der Waals surface area contributed by atoms with Crippen LogP contribution in [-0.4, -0.2) is 28.0 Å². The number of thioether (sulfide) groups is 1. The van der Waals surface area contributed by atoms with E-state index < -0.39 is 5.25 Å². The minimum Gasteiger partial charge on any atom is -0.495 e. The summed E-state index contributed by atoms with van der Waals surface area (Å²) in [6.07, 6.45) is 0. The predicted octanol–water partition coefficient (Wildman–Crippen LogP) is 4.32. The second kappa shape index (κ2) is 9.15. The van der Waals surface area contributed by atoms with E-state index in [1.165, 1.54) is 29.6 Å². The third-order valence-corrected chi connectivity index (χ3v) is 5.46. The molecule has 0 saturated carbocycles. The number of aryl methyl sites for hydroxylation is 1. The molecule has 8 heteroatoms. The van der Waals surface area contributed by atoms with Crippen LogP contribution in [0.25, 0.3) is 5.69 Å². The number of amides is 1. The molecule has 0 fully saturated rings. The number of anilines is 1. The first-order valence-electron chi connectivity index (χ1n) is 8.86. The zero-order valence-electron chi connectivity index (χ0n) is 16.2. The predicted molar refractivity (Wildman–Crippen MR) is 117 cm³/mol. The minimum absolute atomic E-state index is 0.203. The van der Waals surface area contributed by atoms with Crippen molar-refractivity contribution in [1.82, 2.24) is 9.78 Å². The molecule has 0 radical (unpaired) electrons. The van der Waals surface area contributed by atoms with Crippen LogP contribution in [0.1, 0.15) is 12.5 Å². The van der Waals surface area contributed by atoms with Gasteiger partial charge < -0.3 is 10.1 Å². The Kier molecular flexibility index (Phi) is 6.61. The summed E-state index contributed by atoms with van der Waals surface area (Å²) < 4.78 is 6.44. The van der Waals surface area contributed by atoms with E-state index in [1.807, 2.05) is 31.2 Å². The van der Waals surface area contributed by atoms with E-state index >= 15 is 0 Å². The number of carbonyl (C=O) groups is 1. The molecule has 6 nitrogen and oxygen atoms in total. The first-order valence-corrected chi connectivity index (χ1v) is 10.1. The average Bonchev–Trinajstić information content (AvgIpc) is 2.70. The maximum absolute atomic E-state index is 12.5. The van der Waals surface area contributed by atoms with E-state index in [-0.39, 0.29) is 11.5 Å². The zero-order valence-corrected chi connectivity index (χ0v) is 17.8. The Morgan fingerprint density at radius 1 is 1.17 bits per heavy atom. The molecule has 1 atom stereocenters. The van der Waals surface area contributed by atoms with Gasteiger partial charge in [0.25, 0.3) is 5.56 Å². The Labute approximate surface area is 177 Å². The number of hydrogen-bond acceptors (Lipinski definition) is 5. The fraction of sp³-hybridized carbons (Fsp3) is 0.190. The summed E-state index contributed by atoms with van der Waals surface area (Å²) in [4.78, 5) is 24.7. The maximum Gasteiger partial charge on any atom is 0.271 e. The van der Waals surface area contributed by atoms with Crippen molar-refractivity contribution in [2.24, 2.45) is 0 Å². The van der Waals surface area contributed by atoms with Gasteiger partial charge in [0, 0.05) is 11.8 Å². The van der Waals surface area contributed by atoms with Crippen molar-refractivity contribution in [3.05, 3.63) is 75.5 Å². The highest BCUT2D eigenvalue weighted by Crippen LogP contribution is 2.28. The second-order valence-corrected chi connectivity index (χ2v) is 8.12. The quantitative estimate of drug-likeness (QED) is 0.590. The molecule has 0 bridgehead atoms. The highest BCUT2D eigenvalue weighted by atomic mass is 35.5. The molecule has 1 heterocycles. The topological polar surface area (TPSA) is 73.2 Å². The second-order valence-electron chi connectivity index (χ2n) is 6.36. The standard InChI is InChI=1S/C21H20ClN3O3S/c1-13-4-7-16(8-5-13)25-20(26)11-10-19(24-25)29-14(2)21(27)23-15-6-9-18(28-3)17(22)12-15/h4-12,14H,1-3H3,(H,23,27)/t14-/m0/s1. The number of nitrogens with zero attached hydrogens (tertiary/aromatic N) is 2. The molecule has 3 rings (SSSR count). The van der Waals surface area contributed by atoms with Crippen molar-refractivity contribution >= 4 is 35.0 Å². The molecule has 150 valence electrons. The molecule has 0 aliphatic carbocycles. The normalized spacial score (nSPS) is 11.7. The van der Waals surface area contributed by atoms with Crippen LogP contribution < -0.4 is 15.6 Å². The molecular formula is C21H20ClN3O3S. The van der Waals surface area contributed by atoms with Crippen LogP contribution in [0.5, 0.6) is 5.75 Å². The lowest BCUT2D eigenvalue weighted by Crippen LogP contribution is -2.24. The number of rotatable bonds is 6. The van der Waals surface area contributed by atoms with Gasteiger partial charge in [-0.2, -0.15) is 9.78 Å². The van der Waals surface area contributed by atoms with Gasteiger partial charge in [-0.15, -0.1) is 0 Å². The summed E-state index contributed by atoms with van der Waals surface area (Å²) in [5, 5.41) is 7.76. The summed E-state index contributed by atoms with van der Waals surface area (Å²) in [7, 11) is 1.53. The molecule has 2 aromatic carbocycles. The largest absolute Gasteiger partial charge is 0.495 e. The van der Waals surface area contributed by atoms with Crippen LogP contribution in [0, 0.1) is 6.92 Å². The molecule has 29 heavy (non-hydrogen) atoms. The van der Waals surface area contributed by atoms with Crippen LogP contribution >= 0.6 is 23.4 Å². The first kappa shape index (κ1) is 21.0. The average molecular weight is 430 g/mol. The molecule has 0 spiro atoms. The van der Waals surface area contributed by atoms with Crippen molar-refractivity contribution in [2.45, 2.75) is 24.1 Å². The summed E-state index contributed by atoms with van der Waals surface area (Å²) in [6, 6.07) is 15.6. The van der Waals surface area contributed by atoms with Gasteiger partial charge in [0.05, 0.1) is 23.1 Å². The number of ether oxygens (including phenoxy) is 1. The van der Waals surface area contributed by atoms with Gasteiger partial charge >= 0.3 is 0 Å². The number of carbonyl (C=O) groups excluding carboxylic acids is 1. The molecule has 1 N–H and O–H groups in total. The van der Waals surface area contributed by atoms with E-state index in [2.05, 4.69) is 10.4 Å². The Morgan fingerprint density at radius 3 is 2.55 bits per heavy atom. The van der Waals surface area contributed by atoms with Crippen LogP contribution in [0.15, 0.2) is 64.4 Å². The molecule has 0 aliphatic rings. The Bertz CT molecular complexity index is 1080. The third kappa shape index (κ3) is 5.19. The third-order valence-electron chi connectivity index (χ3n) is 4.14. The molecule has 1 aromatic heterocycles. The van der Waals surface area contributed by atoms with E-state index in [0.29, 0.717) is 27.2 Å². The highest BCUT2D eigenvalue weighted by Gasteiger charge is 2.17. The summed E-state index contributed by atoms with van der Waals surface area (Å²) in [6.45, 7) is 3.75. The molecule has 0 aliphatic heterocycles. The van der Waals surface area contributed by atoms with Gasteiger partial charge in [0.15, 0.2) is 0 Å². The molecule has 0 unspecified atom stereocenters. The van der Waals surface area contributed by atoms with Gasteiger partial charge in [-0.05, 0) is 50.2 Å². The molecule has 0 saturated heterocycles. The van der Waals surface area contributed by atoms with Crippen LogP contribution in [0.2, 0.25) is 5.02 Å². The number of aromatic nitrogens is 2. The van der Waals surface area contributed by atoms with Crippen molar-refractivity contribution in [2.75, 3.05) is 12.4 Å². The van der Waals surface area contributed by atoms with E-state index in [4.69, 9.17) is 16.3 Å². The number of hydrogen-bond donors (Lipinski definition) is 1. The van der Waals surface area contributed by atoms with Crippen LogP contribution in [0.4, 0.5) is 5.69 Å². The van der Waals surface area contributed by atoms with Crippen LogP contribution in [0.3, 0.4) is 0 Å². The SMILES string of the molecule is COc1ccc(NC(=O)[C@H](C)Sc2ccc(=O)n(-c3ccc(C)cc3)n2)cc1Cl. The van der Waals surface area contributed by atoms with Crippen molar-refractivity contribution < 1.29 is 9.53 Å². The highest BCUT2D eigenvalue weighted by molar-refractivity contribution is 8.00. The lowest BCUT2D eigenvalue weighted by Gasteiger charge is -2.13. The smallest absolute Gasteiger partial charge is 0.271 e. The fourth-order valence-corrected chi connectivity index (χ4v) is 3.61. The molecular weight excluding hydrogens is 410 g/mol. The number of benzene rings is 2. The van der Waals surface area contributed by atoms with Gasteiger partial charge in [0.2, 0.25) is 5.91 Å². The van der Waals surface area contributed by atoms with Crippen molar-refractivity contribution in [3.63, 3.8) is 0 Å². The Morgan fingerprint density at radius 2 is 1.90 bits per heavy atom. The number of nitrogens with one attached hydrogen (secondary N) is 1. The van der Waals surface area contributed by atoms with Gasteiger partial charge in [0.1, 0.15) is 10.8 Å². The summed E-state index contributed by atoms with van der Waals surface area (Å²) >= 11 is 7.36. The first-order chi connectivity index (χ1) is 13.9. The molecule has 3 aromatic rings. The van der Waals surface area contributed by atoms with Crippen molar-refractivity contribution in [1.29, 1.82) is 0 Å². The van der Waals surface area contributed by atoms with Crippen LogP contribution in [-0.2, 0) is 4.79 Å². The minimum atomic E-state index is -0.438. The monoisotopic (exact) mass is 429 g/mol. The van der Waals surface area contributed by atoms with Gasteiger partial charge in [-0.3, -0.25) is 9.59 Å². The van der Waals surface area contributed by atoms with Crippen molar-refractivity contribution in [3.8, 4) is 11.4 Å². The Hall–Kier alpha value is -2.77. The van der Waals surface area contributed by atoms with Gasteiger partial charge in [-0.25, -0.2) is 0 Å². The number of halogens is 1. The lowest BCUT2D eigenvalue weighted by molar-refractivity contribution is -0.115. The van der Waals surface area contributed by atoms with Gasteiger partial charge in [-0.1, -0.05) is 41.1 Å². The van der Waals surface area contributed by atoms with E-state index in [9.17, 15) is 9.59 Å². The summed E-state index contributed by atoms with van der Waals surface area (Å²) in [5.41, 5.74) is 2.11. The van der Waals surface area contributed by atoms with E-state index in [1.54, 1.807) is 31.2 Å². The number of methoxy groups -OCH3 is 1. The summed E-state index contributed by atoms with van der Waals surface area (Å²) in [5.74, 6) is 0.334. The lowest BCUT2D eigenvalue weighted by atomic mass is 10.2. The van der Waals surface area contributed by atoms with E-state index in [0.717, 1.165) is 5.56 Å².